The van der Waals surface area contributed by atoms with E-state index < -0.39 is 21.8 Å². The number of aromatic nitrogens is 2. The van der Waals surface area contributed by atoms with Crippen LogP contribution in [-0.2, 0) is 16.2 Å². The van der Waals surface area contributed by atoms with Crippen molar-refractivity contribution in [2.24, 2.45) is 0 Å². The third-order valence-corrected chi connectivity index (χ3v) is 6.96. The minimum atomic E-state index is -4.50. The van der Waals surface area contributed by atoms with Crippen LogP contribution in [0.2, 0.25) is 0 Å². The molecule has 0 unspecified atom stereocenters. The Bertz CT molecular complexity index is 934. The summed E-state index contributed by atoms with van der Waals surface area (Å²) in [5, 5.41) is 8.49. The summed E-state index contributed by atoms with van der Waals surface area (Å²) in [7, 11) is -3.84. The Hall–Kier alpha value is -2.20. The van der Waals surface area contributed by atoms with Crippen molar-refractivity contribution < 1.29 is 21.6 Å². The molecule has 0 amide bonds. The molecule has 0 N–H and O–H groups in total. The second kappa shape index (κ2) is 7.00. The normalized spacial score (nSPS) is 19.0. The van der Waals surface area contributed by atoms with E-state index in [1.165, 1.54) is 4.31 Å². The molecule has 4 rings (SSSR count). The monoisotopic (exact) mass is 412 g/mol. The zero-order valence-corrected chi connectivity index (χ0v) is 15.7. The summed E-state index contributed by atoms with van der Waals surface area (Å²) < 4.78 is 64.7. The molecule has 150 valence electrons. The molecule has 2 aromatic rings. The van der Waals surface area contributed by atoms with Gasteiger partial charge in [-0.05, 0) is 49.2 Å². The second-order valence-electron chi connectivity index (χ2n) is 7.00. The molecule has 0 spiro atoms. The lowest BCUT2D eigenvalue weighted by atomic mass is 10.2. The third kappa shape index (κ3) is 3.83. The number of sulfonamides is 1. The first-order valence-corrected chi connectivity index (χ1v) is 10.4. The van der Waals surface area contributed by atoms with Gasteiger partial charge in [-0.2, -0.15) is 22.6 Å². The molecule has 1 aliphatic heterocycles. The van der Waals surface area contributed by atoms with E-state index in [0.717, 1.165) is 42.8 Å². The maximum atomic E-state index is 12.7. The number of benzene rings is 1. The summed E-state index contributed by atoms with van der Waals surface area (Å²) in [6.07, 6.45) is -2.20. The summed E-state index contributed by atoms with van der Waals surface area (Å²) in [4.78, 5) is 1.82. The molecule has 2 fully saturated rings. The Morgan fingerprint density at radius 1 is 0.893 bits per heavy atom. The molecule has 2 aliphatic rings. The van der Waals surface area contributed by atoms with Crippen LogP contribution in [0, 0.1) is 0 Å². The van der Waals surface area contributed by atoms with E-state index in [0.29, 0.717) is 24.8 Å². The Kier molecular flexibility index (Phi) is 4.78. The van der Waals surface area contributed by atoms with Crippen molar-refractivity contribution in [2.75, 3.05) is 31.1 Å². The van der Waals surface area contributed by atoms with Crippen LogP contribution in [0.25, 0.3) is 0 Å². The highest BCUT2D eigenvalue weighted by atomic mass is 32.2. The van der Waals surface area contributed by atoms with Crippen LogP contribution in [-0.4, -0.2) is 49.1 Å². The first-order valence-electron chi connectivity index (χ1n) is 9.01. The number of anilines is 1. The maximum absolute atomic E-state index is 12.7. The van der Waals surface area contributed by atoms with E-state index in [1.54, 1.807) is 0 Å². The largest absolute Gasteiger partial charge is 0.416 e. The molecular formula is C18H19F3N4O2S. The van der Waals surface area contributed by atoms with Crippen LogP contribution in [0.5, 0.6) is 0 Å². The molecule has 0 radical (unpaired) electrons. The maximum Gasteiger partial charge on any atom is 0.416 e. The van der Waals surface area contributed by atoms with Gasteiger partial charge in [-0.3, -0.25) is 0 Å². The summed E-state index contributed by atoms with van der Waals surface area (Å²) in [5.74, 6) is 1.23. The fraction of sp³-hybridized carbons (Fsp3) is 0.444. The van der Waals surface area contributed by atoms with Crippen LogP contribution in [0.15, 0.2) is 41.3 Å². The van der Waals surface area contributed by atoms with Crippen molar-refractivity contribution in [1.29, 1.82) is 0 Å². The number of hydrogen-bond acceptors (Lipinski definition) is 5. The summed E-state index contributed by atoms with van der Waals surface area (Å²) in [6.45, 7) is 1.35. The van der Waals surface area contributed by atoms with Crippen molar-refractivity contribution in [3.8, 4) is 0 Å². The van der Waals surface area contributed by atoms with Crippen molar-refractivity contribution in [2.45, 2.75) is 29.8 Å². The van der Waals surface area contributed by atoms with Crippen molar-refractivity contribution in [3.05, 3.63) is 47.7 Å². The van der Waals surface area contributed by atoms with Crippen LogP contribution >= 0.6 is 0 Å². The third-order valence-electron chi connectivity index (χ3n) is 5.05. The smallest absolute Gasteiger partial charge is 0.352 e. The molecule has 1 aromatic heterocycles. The zero-order chi connectivity index (χ0) is 19.9. The Labute approximate surface area is 161 Å². The molecule has 1 saturated carbocycles. The van der Waals surface area contributed by atoms with Gasteiger partial charge in [0.1, 0.15) is 0 Å². The van der Waals surface area contributed by atoms with Gasteiger partial charge in [0, 0.05) is 32.1 Å². The number of nitrogens with zero attached hydrogens (tertiary/aromatic N) is 4. The lowest BCUT2D eigenvalue weighted by Gasteiger charge is -2.34. The number of halogens is 3. The van der Waals surface area contributed by atoms with Gasteiger partial charge in [-0.15, -0.1) is 5.10 Å². The van der Waals surface area contributed by atoms with E-state index in [-0.39, 0.29) is 18.0 Å². The van der Waals surface area contributed by atoms with Gasteiger partial charge in [-0.1, -0.05) is 0 Å². The quantitative estimate of drug-likeness (QED) is 0.773. The highest BCUT2D eigenvalue weighted by Gasteiger charge is 2.33. The highest BCUT2D eigenvalue weighted by molar-refractivity contribution is 7.89. The fourth-order valence-corrected chi connectivity index (χ4v) is 4.65. The zero-order valence-electron chi connectivity index (χ0n) is 14.9. The van der Waals surface area contributed by atoms with E-state index in [9.17, 15) is 21.6 Å². The lowest BCUT2D eigenvalue weighted by molar-refractivity contribution is -0.137. The average Bonchev–Trinajstić information content (AvgIpc) is 3.53. The van der Waals surface area contributed by atoms with Crippen molar-refractivity contribution in [3.63, 3.8) is 0 Å². The average molecular weight is 412 g/mol. The predicted molar refractivity (Wildman–Crippen MR) is 96.4 cm³/mol. The molecular weight excluding hydrogens is 393 g/mol. The molecule has 0 bridgehead atoms. The second-order valence-corrected chi connectivity index (χ2v) is 8.94. The van der Waals surface area contributed by atoms with Gasteiger partial charge >= 0.3 is 6.18 Å². The fourth-order valence-electron chi connectivity index (χ4n) is 3.22. The van der Waals surface area contributed by atoms with Crippen LogP contribution in [0.3, 0.4) is 0 Å². The minimum absolute atomic E-state index is 0.137. The Morgan fingerprint density at radius 3 is 2.04 bits per heavy atom. The van der Waals surface area contributed by atoms with Gasteiger partial charge in [0.25, 0.3) is 0 Å². The first-order chi connectivity index (χ1) is 13.2. The van der Waals surface area contributed by atoms with Gasteiger partial charge in [0.05, 0.1) is 16.2 Å². The van der Waals surface area contributed by atoms with E-state index in [4.69, 9.17) is 0 Å². The van der Waals surface area contributed by atoms with Crippen molar-refractivity contribution in [1.82, 2.24) is 14.5 Å². The van der Waals surface area contributed by atoms with Crippen LogP contribution in [0.1, 0.15) is 30.0 Å². The van der Waals surface area contributed by atoms with E-state index in [1.807, 2.05) is 17.0 Å². The number of rotatable bonds is 4. The summed E-state index contributed by atoms with van der Waals surface area (Å²) >= 11 is 0. The molecule has 0 atom stereocenters. The molecule has 1 aliphatic carbocycles. The van der Waals surface area contributed by atoms with Crippen LogP contribution < -0.4 is 4.90 Å². The molecule has 10 heteroatoms. The van der Waals surface area contributed by atoms with Gasteiger partial charge in [0.15, 0.2) is 5.82 Å². The summed E-state index contributed by atoms with van der Waals surface area (Å²) in [6, 6.07) is 7.46. The number of piperazine rings is 1. The molecule has 6 nitrogen and oxygen atoms in total. The van der Waals surface area contributed by atoms with Gasteiger partial charge < -0.3 is 4.90 Å². The number of hydrogen-bond donors (Lipinski definition) is 0. The SMILES string of the molecule is O=S(=O)(c1ccc(C(F)(F)F)cc1)N1CCN(c2ccc(C3CC3)nn2)CC1. The molecule has 1 aromatic carbocycles. The molecule has 28 heavy (non-hydrogen) atoms. The first kappa shape index (κ1) is 19.1. The van der Waals surface area contributed by atoms with Crippen LogP contribution in [0.4, 0.5) is 19.0 Å². The molecule has 2 heterocycles. The Morgan fingerprint density at radius 2 is 1.54 bits per heavy atom. The van der Waals surface area contributed by atoms with Crippen molar-refractivity contribution >= 4 is 15.8 Å². The van der Waals surface area contributed by atoms with Gasteiger partial charge in [-0.25, -0.2) is 8.42 Å². The minimum Gasteiger partial charge on any atom is -0.352 e. The molecule has 1 saturated heterocycles. The van der Waals surface area contributed by atoms with Gasteiger partial charge in [0.2, 0.25) is 10.0 Å². The predicted octanol–water partition coefficient (Wildman–Crippen LogP) is 2.88. The van der Waals surface area contributed by atoms with E-state index >= 15 is 0 Å². The Balaban J connectivity index is 1.42. The number of alkyl halides is 3. The van der Waals surface area contributed by atoms with E-state index in [2.05, 4.69) is 10.2 Å². The topological polar surface area (TPSA) is 66.4 Å². The lowest BCUT2D eigenvalue weighted by Crippen LogP contribution is -2.49. The summed E-state index contributed by atoms with van der Waals surface area (Å²) in [5.41, 5.74) is 0.122. The highest BCUT2D eigenvalue weighted by Crippen LogP contribution is 2.38. The standard InChI is InChI=1S/C18H19F3N4O2S/c19-18(20,21)14-3-5-15(6-4-14)28(26,27)25-11-9-24(10-12-25)17-8-7-16(22-23-17)13-1-2-13/h3-8,13H,1-2,9-12H2.